The molecule has 3 aliphatic rings. The van der Waals surface area contributed by atoms with Crippen molar-refractivity contribution in [1.82, 2.24) is 0 Å². The third-order valence-corrected chi connectivity index (χ3v) is 5.93. The molecule has 3 aliphatic heterocycles. The summed E-state index contributed by atoms with van der Waals surface area (Å²) in [5.74, 6) is 2.50. The lowest BCUT2D eigenvalue weighted by molar-refractivity contribution is -0.121. The first-order chi connectivity index (χ1) is 15.2. The van der Waals surface area contributed by atoms with Gasteiger partial charge in [0.05, 0.1) is 25.5 Å². The van der Waals surface area contributed by atoms with Crippen LogP contribution >= 0.6 is 0 Å². The van der Waals surface area contributed by atoms with Crippen LogP contribution in [-0.2, 0) is 19.7 Å². The standard InChI is InChI=1S/C23H25NO7/c1-24-16-4-3-5-17(28-9-8-27-7-6-26-2)21(16)23(22(24)25)14-31-18-13-20-19(12-15(18)23)29-10-11-30-20/h3-5,12-13H,6-11,14H2,1-2H3. The van der Waals surface area contributed by atoms with Crippen LogP contribution < -0.4 is 23.8 Å². The summed E-state index contributed by atoms with van der Waals surface area (Å²) in [5.41, 5.74) is 1.42. The second kappa shape index (κ2) is 7.94. The Kier molecular flexibility index (Phi) is 5.11. The monoisotopic (exact) mass is 427 g/mol. The highest BCUT2D eigenvalue weighted by atomic mass is 16.6. The number of anilines is 1. The summed E-state index contributed by atoms with van der Waals surface area (Å²) in [6, 6.07) is 9.40. The van der Waals surface area contributed by atoms with Crippen molar-refractivity contribution in [1.29, 1.82) is 0 Å². The van der Waals surface area contributed by atoms with Crippen molar-refractivity contribution < 1.29 is 33.2 Å². The molecule has 0 radical (unpaired) electrons. The molecule has 2 aromatic carbocycles. The first-order valence-corrected chi connectivity index (χ1v) is 10.3. The molecule has 8 nitrogen and oxygen atoms in total. The van der Waals surface area contributed by atoms with Gasteiger partial charge in [0.15, 0.2) is 11.5 Å². The Morgan fingerprint density at radius 2 is 1.77 bits per heavy atom. The van der Waals surface area contributed by atoms with Gasteiger partial charge in [-0.1, -0.05) is 6.07 Å². The summed E-state index contributed by atoms with van der Waals surface area (Å²) in [5, 5.41) is 0. The topological polar surface area (TPSA) is 75.7 Å². The average Bonchev–Trinajstić information content (AvgIpc) is 3.27. The van der Waals surface area contributed by atoms with E-state index in [4.69, 9.17) is 28.4 Å². The van der Waals surface area contributed by atoms with Crippen molar-refractivity contribution in [2.75, 3.05) is 65.3 Å². The van der Waals surface area contributed by atoms with Gasteiger partial charge in [0.25, 0.3) is 0 Å². The summed E-state index contributed by atoms with van der Waals surface area (Å²) in [7, 11) is 3.42. The van der Waals surface area contributed by atoms with E-state index in [1.165, 1.54) is 0 Å². The lowest BCUT2D eigenvalue weighted by Gasteiger charge is -2.25. The number of hydrogen-bond acceptors (Lipinski definition) is 7. The van der Waals surface area contributed by atoms with Crippen LogP contribution in [0.5, 0.6) is 23.0 Å². The molecule has 8 heteroatoms. The Morgan fingerprint density at radius 1 is 1.00 bits per heavy atom. The van der Waals surface area contributed by atoms with Gasteiger partial charge in [-0.25, -0.2) is 0 Å². The third kappa shape index (κ3) is 3.09. The van der Waals surface area contributed by atoms with Crippen LogP contribution in [0, 0.1) is 0 Å². The second-order valence-electron chi connectivity index (χ2n) is 7.65. The van der Waals surface area contributed by atoms with E-state index in [9.17, 15) is 4.79 Å². The minimum absolute atomic E-state index is 0.0506. The maximum absolute atomic E-state index is 13.6. The van der Waals surface area contributed by atoms with Crippen molar-refractivity contribution in [3.8, 4) is 23.0 Å². The molecule has 1 amide bonds. The zero-order valence-corrected chi connectivity index (χ0v) is 17.6. The molecule has 31 heavy (non-hydrogen) atoms. The maximum atomic E-state index is 13.6. The second-order valence-corrected chi connectivity index (χ2v) is 7.65. The van der Waals surface area contributed by atoms with E-state index in [1.54, 1.807) is 19.1 Å². The van der Waals surface area contributed by atoms with E-state index in [-0.39, 0.29) is 12.5 Å². The van der Waals surface area contributed by atoms with Crippen molar-refractivity contribution in [3.63, 3.8) is 0 Å². The number of hydrogen-bond donors (Lipinski definition) is 0. The normalized spacial score (nSPS) is 20.6. The highest BCUT2D eigenvalue weighted by molar-refractivity contribution is 6.12. The number of likely N-dealkylation sites (N-methyl/N-ethyl adjacent to an activating group) is 1. The number of benzene rings is 2. The summed E-state index contributed by atoms with van der Waals surface area (Å²) in [6.07, 6.45) is 0. The van der Waals surface area contributed by atoms with Gasteiger partial charge in [-0.2, -0.15) is 0 Å². The molecule has 164 valence electrons. The van der Waals surface area contributed by atoms with Crippen LogP contribution in [0.3, 0.4) is 0 Å². The van der Waals surface area contributed by atoms with E-state index in [1.807, 2.05) is 30.3 Å². The van der Waals surface area contributed by atoms with Gasteiger partial charge < -0.3 is 33.3 Å². The highest BCUT2D eigenvalue weighted by Gasteiger charge is 2.58. The van der Waals surface area contributed by atoms with Crippen LogP contribution in [0.4, 0.5) is 5.69 Å². The molecule has 1 spiro atoms. The highest BCUT2D eigenvalue weighted by Crippen LogP contribution is 2.56. The van der Waals surface area contributed by atoms with Crippen LogP contribution in [0.15, 0.2) is 30.3 Å². The molecule has 3 heterocycles. The number of ether oxygens (including phenoxy) is 6. The quantitative estimate of drug-likeness (QED) is 0.627. The summed E-state index contributed by atoms with van der Waals surface area (Å²) >= 11 is 0. The summed E-state index contributed by atoms with van der Waals surface area (Å²) in [6.45, 7) is 3.00. The smallest absolute Gasteiger partial charge is 0.245 e. The molecule has 0 fully saturated rings. The molecule has 0 aliphatic carbocycles. The molecular formula is C23H25NO7. The van der Waals surface area contributed by atoms with Gasteiger partial charge in [0.1, 0.15) is 43.3 Å². The number of carbonyl (C=O) groups is 1. The van der Waals surface area contributed by atoms with Crippen molar-refractivity contribution in [2.24, 2.45) is 0 Å². The van der Waals surface area contributed by atoms with Gasteiger partial charge in [-0.3, -0.25) is 4.79 Å². The zero-order chi connectivity index (χ0) is 21.4. The van der Waals surface area contributed by atoms with E-state index >= 15 is 0 Å². The predicted molar refractivity (Wildman–Crippen MR) is 112 cm³/mol. The zero-order valence-electron chi connectivity index (χ0n) is 17.6. The van der Waals surface area contributed by atoms with E-state index < -0.39 is 5.41 Å². The fraction of sp³-hybridized carbons (Fsp3) is 0.435. The van der Waals surface area contributed by atoms with Crippen LogP contribution in [-0.4, -0.2) is 66.3 Å². The molecule has 1 unspecified atom stereocenters. The van der Waals surface area contributed by atoms with Gasteiger partial charge in [-0.15, -0.1) is 0 Å². The summed E-state index contributed by atoms with van der Waals surface area (Å²) in [4.78, 5) is 15.3. The maximum Gasteiger partial charge on any atom is 0.245 e. The molecule has 2 aromatic rings. The van der Waals surface area contributed by atoms with E-state index in [0.29, 0.717) is 62.6 Å². The molecule has 0 saturated carbocycles. The first kappa shape index (κ1) is 20.0. The number of fused-ring (bicyclic) bond motifs is 5. The Balaban J connectivity index is 1.51. The van der Waals surface area contributed by atoms with Crippen molar-refractivity contribution in [2.45, 2.75) is 5.41 Å². The number of methoxy groups -OCH3 is 1. The van der Waals surface area contributed by atoms with E-state index in [2.05, 4.69) is 0 Å². The average molecular weight is 427 g/mol. The van der Waals surface area contributed by atoms with Gasteiger partial charge in [0.2, 0.25) is 5.91 Å². The van der Waals surface area contributed by atoms with Crippen molar-refractivity contribution >= 4 is 11.6 Å². The number of nitrogens with zero attached hydrogens (tertiary/aromatic N) is 1. The van der Waals surface area contributed by atoms with Gasteiger partial charge in [0, 0.05) is 31.4 Å². The SMILES string of the molecule is COCCOCCOc1cccc2c1C1(COc3cc4c(cc31)OCCO4)C(=O)N2C. The number of carbonyl (C=O) groups excluding carboxylic acids is 1. The minimum atomic E-state index is -0.983. The molecule has 0 bridgehead atoms. The van der Waals surface area contributed by atoms with Gasteiger partial charge in [-0.05, 0) is 18.2 Å². The largest absolute Gasteiger partial charge is 0.491 e. The fourth-order valence-corrected chi connectivity index (χ4v) is 4.48. The van der Waals surface area contributed by atoms with E-state index in [0.717, 1.165) is 16.8 Å². The van der Waals surface area contributed by atoms with Crippen molar-refractivity contribution in [3.05, 3.63) is 41.5 Å². The summed E-state index contributed by atoms with van der Waals surface area (Å²) < 4.78 is 34.1. The molecule has 1 atom stereocenters. The first-order valence-electron chi connectivity index (χ1n) is 10.3. The van der Waals surface area contributed by atoms with Gasteiger partial charge >= 0.3 is 0 Å². The van der Waals surface area contributed by atoms with Crippen LogP contribution in [0.2, 0.25) is 0 Å². The minimum Gasteiger partial charge on any atom is -0.491 e. The molecule has 0 aromatic heterocycles. The Bertz CT molecular complexity index is 1010. The Hall–Kier alpha value is -2.97. The molecule has 0 saturated heterocycles. The predicted octanol–water partition coefficient (Wildman–Crippen LogP) is 2.15. The van der Waals surface area contributed by atoms with Crippen LogP contribution in [0.25, 0.3) is 0 Å². The lowest BCUT2D eigenvalue weighted by Crippen LogP contribution is -2.41. The third-order valence-electron chi connectivity index (χ3n) is 5.93. The molecular weight excluding hydrogens is 402 g/mol. The molecule has 0 N–H and O–H groups in total. The Labute approximate surface area is 180 Å². The van der Waals surface area contributed by atoms with Crippen LogP contribution in [0.1, 0.15) is 11.1 Å². The number of rotatable bonds is 7. The number of amides is 1. The Morgan fingerprint density at radius 3 is 2.58 bits per heavy atom. The molecule has 5 rings (SSSR count). The fourth-order valence-electron chi connectivity index (χ4n) is 4.48. The lowest BCUT2D eigenvalue weighted by atomic mass is 9.76.